The van der Waals surface area contributed by atoms with Crippen LogP contribution in [0.2, 0.25) is 0 Å². The van der Waals surface area contributed by atoms with Crippen molar-refractivity contribution in [2.24, 2.45) is 0 Å². The minimum Gasteiger partial charge on any atom is -0.309 e. The van der Waals surface area contributed by atoms with E-state index in [9.17, 15) is 0 Å². The second kappa shape index (κ2) is 12.7. The highest BCUT2D eigenvalue weighted by Gasteiger charge is 2.21. The van der Waals surface area contributed by atoms with Crippen LogP contribution in [0, 0.1) is 0 Å². The average molecular weight is 680 g/mol. The van der Waals surface area contributed by atoms with Crippen molar-refractivity contribution in [3.05, 3.63) is 200 Å². The van der Waals surface area contributed by atoms with Gasteiger partial charge in [0.15, 0.2) is 0 Å². The Bertz CT molecular complexity index is 2910. The molecule has 0 aliphatic heterocycles. The topological polar surface area (TPSA) is 3.24 Å². The van der Waals surface area contributed by atoms with Gasteiger partial charge in [-0.3, -0.25) is 0 Å². The molecule has 1 heterocycles. The molecule has 1 nitrogen and oxygen atoms in total. The first-order valence-corrected chi connectivity index (χ1v) is 18.6. The van der Waals surface area contributed by atoms with Gasteiger partial charge in [-0.15, -0.1) is 11.3 Å². The highest BCUT2D eigenvalue weighted by atomic mass is 32.1. The van der Waals surface area contributed by atoms with E-state index in [-0.39, 0.29) is 0 Å². The van der Waals surface area contributed by atoms with E-state index < -0.39 is 0 Å². The second-order valence-electron chi connectivity index (χ2n) is 13.3. The van der Waals surface area contributed by atoms with Gasteiger partial charge in [0, 0.05) is 42.4 Å². The molecule has 1 aromatic heterocycles. The van der Waals surface area contributed by atoms with Crippen molar-refractivity contribution in [1.82, 2.24) is 0 Å². The summed E-state index contributed by atoms with van der Waals surface area (Å²) in [7, 11) is 0. The van der Waals surface area contributed by atoms with E-state index in [4.69, 9.17) is 0 Å². The SMILES string of the molecule is c1cc(-c2ccc(N(c3ccccc3-c3cccc4c3sc3ccccc34)c3cccc4ccccc34)cc2)cc(-c2cccc3ccccc23)c1. The van der Waals surface area contributed by atoms with Gasteiger partial charge in [-0.25, -0.2) is 0 Å². The predicted molar refractivity (Wildman–Crippen MR) is 225 cm³/mol. The smallest absolute Gasteiger partial charge is 0.0540 e. The van der Waals surface area contributed by atoms with Crippen LogP contribution < -0.4 is 4.90 Å². The number of nitrogens with zero attached hydrogens (tertiary/aromatic N) is 1. The first-order valence-electron chi connectivity index (χ1n) is 17.8. The Hall–Kier alpha value is -6.48. The van der Waals surface area contributed by atoms with E-state index in [0.717, 1.165) is 17.1 Å². The number of fused-ring (bicyclic) bond motifs is 5. The fraction of sp³-hybridized carbons (Fsp3) is 0. The fourth-order valence-corrected chi connectivity index (χ4v) is 9.04. The molecule has 0 saturated heterocycles. The summed E-state index contributed by atoms with van der Waals surface area (Å²) < 4.78 is 2.63. The van der Waals surface area contributed by atoms with Crippen LogP contribution in [-0.2, 0) is 0 Å². The number of para-hydroxylation sites is 1. The summed E-state index contributed by atoms with van der Waals surface area (Å²) >= 11 is 1.88. The Labute approximate surface area is 307 Å². The molecule has 10 rings (SSSR count). The maximum absolute atomic E-state index is 2.44. The van der Waals surface area contributed by atoms with Crippen molar-refractivity contribution < 1.29 is 0 Å². The quantitative estimate of drug-likeness (QED) is 0.169. The molecular weight excluding hydrogens is 647 g/mol. The van der Waals surface area contributed by atoms with Crippen LogP contribution in [0.3, 0.4) is 0 Å². The summed E-state index contributed by atoms with van der Waals surface area (Å²) in [6, 6.07) is 72.9. The van der Waals surface area contributed by atoms with Crippen molar-refractivity contribution >= 4 is 70.1 Å². The summed E-state index contributed by atoms with van der Waals surface area (Å²) in [5.74, 6) is 0. The Morgan fingerprint density at radius 2 is 0.885 bits per heavy atom. The van der Waals surface area contributed by atoms with Crippen LogP contribution in [0.5, 0.6) is 0 Å². The molecule has 0 bridgehead atoms. The first kappa shape index (κ1) is 30.4. The third kappa shape index (κ3) is 5.16. The highest BCUT2D eigenvalue weighted by molar-refractivity contribution is 7.26. The summed E-state index contributed by atoms with van der Waals surface area (Å²) in [6.07, 6.45) is 0. The van der Waals surface area contributed by atoms with Crippen LogP contribution in [-0.4, -0.2) is 0 Å². The Morgan fingerprint density at radius 1 is 0.327 bits per heavy atom. The van der Waals surface area contributed by atoms with Crippen molar-refractivity contribution in [2.75, 3.05) is 4.90 Å². The molecule has 52 heavy (non-hydrogen) atoms. The maximum atomic E-state index is 2.44. The molecule has 0 atom stereocenters. The van der Waals surface area contributed by atoms with Gasteiger partial charge in [-0.2, -0.15) is 0 Å². The Kier molecular flexibility index (Phi) is 7.41. The lowest BCUT2D eigenvalue weighted by molar-refractivity contribution is 1.30. The van der Waals surface area contributed by atoms with Crippen molar-refractivity contribution in [3.8, 4) is 33.4 Å². The van der Waals surface area contributed by atoms with Gasteiger partial charge in [0.1, 0.15) is 0 Å². The molecule has 0 N–H and O–H groups in total. The van der Waals surface area contributed by atoms with Crippen LogP contribution in [0.1, 0.15) is 0 Å². The second-order valence-corrected chi connectivity index (χ2v) is 14.3. The molecule has 10 aromatic rings. The number of hydrogen-bond donors (Lipinski definition) is 0. The number of rotatable bonds is 6. The molecule has 0 aliphatic carbocycles. The zero-order chi connectivity index (χ0) is 34.4. The standard InChI is InChI=1S/C50H33NS/c1-3-19-40-35(13-1)15-10-23-41(40)38-18-9-17-37(33-38)34-29-31-39(32-30-34)51(47-27-11-16-36-14-2-4-20-42(36)47)48-26-7-5-21-43(48)45-24-12-25-46-44-22-6-8-28-49(44)52-50(45)46/h1-33H. The normalized spacial score (nSPS) is 11.5. The minimum atomic E-state index is 1.11. The molecule has 0 radical (unpaired) electrons. The monoisotopic (exact) mass is 679 g/mol. The van der Waals surface area contributed by atoms with Gasteiger partial charge >= 0.3 is 0 Å². The van der Waals surface area contributed by atoms with Gasteiger partial charge in [0.2, 0.25) is 0 Å². The van der Waals surface area contributed by atoms with Crippen LogP contribution >= 0.6 is 11.3 Å². The maximum Gasteiger partial charge on any atom is 0.0540 e. The van der Waals surface area contributed by atoms with Gasteiger partial charge in [-0.1, -0.05) is 164 Å². The van der Waals surface area contributed by atoms with Gasteiger partial charge in [0.25, 0.3) is 0 Å². The van der Waals surface area contributed by atoms with Crippen molar-refractivity contribution in [3.63, 3.8) is 0 Å². The highest BCUT2D eigenvalue weighted by Crippen LogP contribution is 2.47. The molecule has 0 fully saturated rings. The third-order valence-electron chi connectivity index (χ3n) is 10.3. The summed E-state index contributed by atoms with van der Waals surface area (Å²) in [4.78, 5) is 2.44. The minimum absolute atomic E-state index is 1.11. The Morgan fingerprint density at radius 3 is 1.75 bits per heavy atom. The van der Waals surface area contributed by atoms with Gasteiger partial charge < -0.3 is 4.90 Å². The lowest BCUT2D eigenvalue weighted by Gasteiger charge is -2.29. The summed E-state index contributed by atoms with van der Waals surface area (Å²) in [5.41, 5.74) is 10.7. The number of benzene rings is 9. The molecular formula is C50H33NS. The molecule has 2 heteroatoms. The average Bonchev–Trinajstić information content (AvgIpc) is 3.61. The zero-order valence-electron chi connectivity index (χ0n) is 28.4. The van der Waals surface area contributed by atoms with Crippen LogP contribution in [0.4, 0.5) is 17.1 Å². The van der Waals surface area contributed by atoms with Gasteiger partial charge in [-0.05, 0) is 74.8 Å². The predicted octanol–water partition coefficient (Wildman–Crippen LogP) is 14.8. The van der Waals surface area contributed by atoms with E-state index >= 15 is 0 Å². The number of anilines is 3. The fourth-order valence-electron chi connectivity index (χ4n) is 7.81. The summed E-state index contributed by atoms with van der Waals surface area (Å²) in [5, 5.41) is 7.58. The summed E-state index contributed by atoms with van der Waals surface area (Å²) in [6.45, 7) is 0. The van der Waals surface area contributed by atoms with Crippen molar-refractivity contribution in [1.29, 1.82) is 0 Å². The number of thiophene rings is 1. The molecule has 0 spiro atoms. The third-order valence-corrected chi connectivity index (χ3v) is 11.5. The molecule has 0 saturated carbocycles. The Balaban J connectivity index is 1.13. The molecule has 9 aromatic carbocycles. The largest absolute Gasteiger partial charge is 0.309 e. The van der Waals surface area contributed by atoms with E-state index in [1.165, 1.54) is 75.1 Å². The molecule has 0 unspecified atom stereocenters. The van der Waals surface area contributed by atoms with E-state index in [1.54, 1.807) is 0 Å². The first-order chi connectivity index (χ1) is 25.8. The zero-order valence-corrected chi connectivity index (χ0v) is 29.2. The lowest BCUT2D eigenvalue weighted by atomic mass is 9.95. The van der Waals surface area contributed by atoms with Crippen molar-refractivity contribution in [2.45, 2.75) is 0 Å². The van der Waals surface area contributed by atoms with Gasteiger partial charge in [0.05, 0.1) is 11.4 Å². The van der Waals surface area contributed by atoms with E-state index in [2.05, 4.69) is 205 Å². The lowest BCUT2D eigenvalue weighted by Crippen LogP contribution is -2.11. The molecule has 244 valence electrons. The van der Waals surface area contributed by atoms with Crippen LogP contribution in [0.15, 0.2) is 200 Å². The molecule has 0 aliphatic rings. The molecule has 0 amide bonds. The van der Waals surface area contributed by atoms with Crippen LogP contribution in [0.25, 0.3) is 75.1 Å². The van der Waals surface area contributed by atoms with E-state index in [0.29, 0.717) is 0 Å². The number of hydrogen-bond acceptors (Lipinski definition) is 2. The van der Waals surface area contributed by atoms with E-state index in [1.807, 2.05) is 11.3 Å².